The molecule has 1 aromatic carbocycles. The average Bonchev–Trinajstić information content (AvgIpc) is 3.18. The molecule has 8 heteroatoms. The highest BCUT2D eigenvalue weighted by molar-refractivity contribution is 7.85. The molecule has 0 aliphatic heterocycles. The molecule has 0 saturated heterocycles. The molecule has 0 aromatic heterocycles. The number of ether oxygens (including phenoxy) is 2. The number of rotatable bonds is 39. The number of hydrogen-bond donors (Lipinski definition) is 1. The summed E-state index contributed by atoms with van der Waals surface area (Å²) in [4.78, 5) is 25.4. The third kappa shape index (κ3) is 29.7. The van der Waals surface area contributed by atoms with E-state index in [1.807, 2.05) is 0 Å². The van der Waals surface area contributed by atoms with Crippen molar-refractivity contribution in [2.45, 2.75) is 224 Å². The monoisotopic (exact) mass is 803 g/mol. The van der Waals surface area contributed by atoms with Crippen molar-refractivity contribution in [3.05, 3.63) is 53.6 Å². The van der Waals surface area contributed by atoms with Gasteiger partial charge in [0.15, 0.2) is 0 Å². The normalized spacial score (nSPS) is 11.9. The Balaban J connectivity index is 2.20. The summed E-state index contributed by atoms with van der Waals surface area (Å²) in [5.41, 5.74) is -0.277. The fourth-order valence-electron chi connectivity index (χ4n) is 6.92. The van der Waals surface area contributed by atoms with Gasteiger partial charge in [-0.1, -0.05) is 179 Å². The minimum absolute atomic E-state index is 0.0634. The summed E-state index contributed by atoms with van der Waals surface area (Å²) < 4.78 is 44.0. The van der Waals surface area contributed by atoms with E-state index in [0.717, 1.165) is 63.5 Å². The molecule has 0 amide bonds. The van der Waals surface area contributed by atoms with Crippen molar-refractivity contribution in [1.82, 2.24) is 0 Å². The van der Waals surface area contributed by atoms with Gasteiger partial charge in [-0.25, -0.2) is 9.59 Å². The van der Waals surface area contributed by atoms with Crippen LogP contribution in [0.3, 0.4) is 0 Å². The Labute approximate surface area is 344 Å². The van der Waals surface area contributed by atoms with Gasteiger partial charge in [0.1, 0.15) is 0 Å². The van der Waals surface area contributed by atoms with E-state index in [0.29, 0.717) is 12.8 Å². The molecule has 0 heterocycles. The minimum Gasteiger partial charge on any atom is -0.462 e. The van der Waals surface area contributed by atoms with Gasteiger partial charge in [0, 0.05) is 0 Å². The Morgan fingerprint density at radius 1 is 0.464 bits per heavy atom. The summed E-state index contributed by atoms with van der Waals surface area (Å²) in [5, 5.41) is 0. The zero-order valence-electron chi connectivity index (χ0n) is 35.9. The number of carbonyl (C=O) groups excluding carboxylic acids is 2. The molecule has 7 nitrogen and oxygen atoms in total. The van der Waals surface area contributed by atoms with Crippen molar-refractivity contribution < 1.29 is 32.0 Å². The molecule has 0 spiro atoms. The van der Waals surface area contributed by atoms with Crippen molar-refractivity contribution >= 4 is 22.1 Å². The molecule has 322 valence electrons. The number of hydrogen-bond acceptors (Lipinski definition) is 6. The molecule has 0 radical (unpaired) electrons. The summed E-state index contributed by atoms with van der Waals surface area (Å²) >= 11 is 0. The molecule has 1 N–H and O–H groups in total. The van der Waals surface area contributed by atoms with Gasteiger partial charge in [-0.05, 0) is 82.4 Å². The van der Waals surface area contributed by atoms with Crippen LogP contribution in [0, 0.1) is 0 Å². The predicted octanol–water partition coefficient (Wildman–Crippen LogP) is 14.9. The lowest BCUT2D eigenvalue weighted by Gasteiger charge is -2.11. The molecule has 0 saturated carbocycles. The van der Waals surface area contributed by atoms with Crippen LogP contribution in [0.5, 0.6) is 0 Å². The van der Waals surface area contributed by atoms with Crippen LogP contribution in [0.15, 0.2) is 47.4 Å². The molecule has 0 aliphatic rings. The Morgan fingerprint density at radius 2 is 0.768 bits per heavy atom. The smallest absolute Gasteiger partial charge is 0.339 e. The molecule has 1 rings (SSSR count). The van der Waals surface area contributed by atoms with E-state index in [9.17, 15) is 22.6 Å². The van der Waals surface area contributed by atoms with Crippen LogP contribution in [0.1, 0.15) is 240 Å². The highest BCUT2D eigenvalue weighted by Crippen LogP contribution is 2.20. The van der Waals surface area contributed by atoms with Crippen molar-refractivity contribution in [3.63, 3.8) is 0 Å². The van der Waals surface area contributed by atoms with Crippen LogP contribution >= 0.6 is 0 Å². The second-order valence-electron chi connectivity index (χ2n) is 15.7. The molecular weight excluding hydrogens is 721 g/mol. The Morgan fingerprint density at radius 3 is 1.11 bits per heavy atom. The first-order valence-electron chi connectivity index (χ1n) is 23.1. The maximum atomic E-state index is 13.0. The average molecular weight is 803 g/mol. The molecular formula is C48H82O7S. The lowest BCUT2D eigenvalue weighted by atomic mass is 10.1. The maximum absolute atomic E-state index is 13.0. The predicted molar refractivity (Wildman–Crippen MR) is 234 cm³/mol. The van der Waals surface area contributed by atoms with Gasteiger partial charge in [-0.2, -0.15) is 8.42 Å². The highest BCUT2D eigenvalue weighted by atomic mass is 32.2. The van der Waals surface area contributed by atoms with Crippen LogP contribution in [0.2, 0.25) is 0 Å². The molecule has 56 heavy (non-hydrogen) atoms. The fraction of sp³-hybridized carbons (Fsp3) is 0.750. The summed E-state index contributed by atoms with van der Waals surface area (Å²) in [5.74, 6) is -1.51. The largest absolute Gasteiger partial charge is 0.462 e. The van der Waals surface area contributed by atoms with Gasteiger partial charge in [-0.15, -0.1) is 0 Å². The van der Waals surface area contributed by atoms with E-state index < -0.39 is 27.0 Å². The zero-order valence-corrected chi connectivity index (χ0v) is 36.7. The van der Waals surface area contributed by atoms with Gasteiger partial charge in [0.05, 0.1) is 29.2 Å². The molecule has 0 aliphatic carbocycles. The third-order valence-electron chi connectivity index (χ3n) is 10.5. The zero-order chi connectivity index (χ0) is 40.8. The van der Waals surface area contributed by atoms with Crippen molar-refractivity contribution in [1.29, 1.82) is 0 Å². The molecule has 0 unspecified atom stereocenters. The number of allylic oxidation sites excluding steroid dienone is 4. The van der Waals surface area contributed by atoms with E-state index >= 15 is 0 Å². The second kappa shape index (κ2) is 36.9. The standard InChI is InChI=1S/C48H82O7S/c1-3-5-7-9-11-13-15-17-19-21-23-25-27-29-31-33-35-37-41-54-47(49)45-40-39-44(56(51,52)53)43-46(45)48(50)55-42-38-36-34-32-30-28-26-24-22-20-18-16-14-12-10-8-6-4-2/h19-22,39-40,43H,3-18,23-38,41-42H2,1-2H3,(H,51,52,53)/b21-19+,22-20+. The first-order valence-corrected chi connectivity index (χ1v) is 24.5. The van der Waals surface area contributed by atoms with E-state index in [1.165, 1.54) is 147 Å². The second-order valence-corrected chi connectivity index (χ2v) is 17.2. The molecule has 1 aromatic rings. The lowest BCUT2D eigenvalue weighted by Crippen LogP contribution is -2.16. The van der Waals surface area contributed by atoms with E-state index in [4.69, 9.17) is 9.47 Å². The van der Waals surface area contributed by atoms with Gasteiger partial charge < -0.3 is 9.47 Å². The SMILES string of the molecule is CCCCCCCCC/C=C/CCCCCCCCCOC(=O)c1ccc(S(=O)(=O)O)cc1C(=O)OCCCCCCCCC/C=C/CCCCCCCCC. The topological polar surface area (TPSA) is 107 Å². The Bertz CT molecular complexity index is 1270. The van der Waals surface area contributed by atoms with Crippen molar-refractivity contribution in [3.8, 4) is 0 Å². The summed E-state index contributed by atoms with van der Waals surface area (Å²) in [7, 11) is -4.57. The first-order chi connectivity index (χ1) is 27.3. The van der Waals surface area contributed by atoms with Crippen LogP contribution in [-0.4, -0.2) is 38.1 Å². The van der Waals surface area contributed by atoms with E-state index in [-0.39, 0.29) is 24.3 Å². The number of unbranched alkanes of at least 4 members (excludes halogenated alkanes) is 28. The number of esters is 2. The van der Waals surface area contributed by atoms with Gasteiger partial charge in [0.25, 0.3) is 10.1 Å². The van der Waals surface area contributed by atoms with E-state index in [1.54, 1.807) is 0 Å². The van der Waals surface area contributed by atoms with Crippen LogP contribution < -0.4 is 0 Å². The van der Waals surface area contributed by atoms with Gasteiger partial charge in [-0.3, -0.25) is 4.55 Å². The molecule has 0 fully saturated rings. The van der Waals surface area contributed by atoms with E-state index in [2.05, 4.69) is 38.2 Å². The molecule has 0 atom stereocenters. The highest BCUT2D eigenvalue weighted by Gasteiger charge is 2.23. The first kappa shape index (κ1) is 51.6. The summed E-state index contributed by atoms with van der Waals surface area (Å²) in [6.07, 6.45) is 48.0. The van der Waals surface area contributed by atoms with Crippen LogP contribution in [0.25, 0.3) is 0 Å². The maximum Gasteiger partial charge on any atom is 0.339 e. The summed E-state index contributed by atoms with van der Waals surface area (Å²) in [6, 6.07) is 3.30. The number of benzene rings is 1. The Kier molecular flexibility index (Phi) is 33.9. The van der Waals surface area contributed by atoms with Crippen LogP contribution in [-0.2, 0) is 19.6 Å². The van der Waals surface area contributed by atoms with Crippen LogP contribution in [0.4, 0.5) is 0 Å². The quantitative estimate of drug-likeness (QED) is 0.0306. The summed E-state index contributed by atoms with van der Waals surface area (Å²) in [6.45, 7) is 4.90. The van der Waals surface area contributed by atoms with Gasteiger partial charge >= 0.3 is 11.9 Å². The third-order valence-corrected chi connectivity index (χ3v) is 11.4. The molecule has 0 bridgehead atoms. The fourth-order valence-corrected chi connectivity index (χ4v) is 7.43. The van der Waals surface area contributed by atoms with Crippen molar-refractivity contribution in [2.24, 2.45) is 0 Å². The van der Waals surface area contributed by atoms with Gasteiger partial charge in [0.2, 0.25) is 0 Å². The lowest BCUT2D eigenvalue weighted by molar-refractivity contribution is 0.0450. The number of carbonyl (C=O) groups is 2. The van der Waals surface area contributed by atoms with Crippen molar-refractivity contribution in [2.75, 3.05) is 13.2 Å². The Hall–Kier alpha value is -2.45. The minimum atomic E-state index is -4.57.